The molecule has 0 amide bonds. The largest absolute Gasteiger partial charge is 0.302 e. The van der Waals surface area contributed by atoms with Gasteiger partial charge in [0.05, 0.1) is 0 Å². The van der Waals surface area contributed by atoms with Crippen molar-refractivity contribution in [2.45, 2.75) is 19.8 Å². The Hall–Kier alpha value is 1.69. The molecule has 0 spiro atoms. The average Bonchev–Trinajstić information content (AvgIpc) is 1.59. The van der Waals surface area contributed by atoms with E-state index in [0.29, 0.717) is 0 Å². The van der Waals surface area contributed by atoms with Crippen LogP contribution in [0.3, 0.4) is 0 Å². The summed E-state index contributed by atoms with van der Waals surface area (Å²) in [6.07, 6.45) is 3.14. The molecule has 0 aromatic rings. The lowest BCUT2D eigenvalue weighted by Crippen LogP contribution is -1.74. The number of hydrogen-bond donors (Lipinski definition) is 0. The van der Waals surface area contributed by atoms with E-state index in [2.05, 4.69) is 6.92 Å². The van der Waals surface area contributed by atoms with Gasteiger partial charge in [0.2, 0.25) is 0 Å². The monoisotopic (exact) mass is 358 g/mol. The molecule has 0 unspecified atom stereocenters. The van der Waals surface area contributed by atoms with Crippen LogP contribution in [0, 0.1) is 0 Å². The van der Waals surface area contributed by atoms with Crippen molar-refractivity contribution >= 4 is 46.5 Å². The molecule has 0 aliphatic carbocycles. The number of unbranched alkanes of at least 4 members (excludes halogenated alkanes) is 1. The summed E-state index contributed by atoms with van der Waals surface area (Å²) in [6.45, 7) is 2.11. The average molecular weight is 358 g/mol. The molecule has 0 heterocycles. The zero-order chi connectivity index (χ0) is 6.62. The fraction of sp³-hybridized carbons (Fsp3) is 1.00. The molecule has 0 atom stereocenters. The Morgan fingerprint density at radius 1 is 1.50 bits per heavy atom. The quantitative estimate of drug-likeness (QED) is 0.554. The van der Waals surface area contributed by atoms with Crippen molar-refractivity contribution in [1.82, 2.24) is 0 Å². The molecule has 0 aromatic heterocycles. The molecule has 0 rings (SSSR count). The Bertz CT molecular complexity index is 98.2. The van der Waals surface area contributed by atoms with Crippen LogP contribution in [0.1, 0.15) is 19.8 Å². The van der Waals surface area contributed by atoms with E-state index in [9.17, 15) is 4.57 Å². The van der Waals surface area contributed by atoms with E-state index in [-0.39, 0.29) is 0 Å². The van der Waals surface area contributed by atoms with Crippen LogP contribution in [0.15, 0.2) is 0 Å². The third-order valence-corrected chi connectivity index (χ3v) is 4.50. The van der Waals surface area contributed by atoms with Gasteiger partial charge in [0.15, 0.2) is 2.43 Å². The second-order valence-corrected chi connectivity index (χ2v) is 18.1. The highest BCUT2D eigenvalue weighted by molar-refractivity contribution is 14.3. The van der Waals surface area contributed by atoms with Gasteiger partial charge < -0.3 is 4.57 Å². The van der Waals surface area contributed by atoms with Crippen molar-refractivity contribution < 1.29 is 4.57 Å². The summed E-state index contributed by atoms with van der Waals surface area (Å²) in [4.78, 5) is 0. The van der Waals surface area contributed by atoms with E-state index in [1.165, 1.54) is 0 Å². The van der Waals surface area contributed by atoms with Crippen LogP contribution in [0.5, 0.6) is 0 Å². The summed E-state index contributed by atoms with van der Waals surface area (Å²) in [6, 6.07) is 0. The first-order chi connectivity index (χ1) is 3.56. The van der Waals surface area contributed by atoms with Gasteiger partial charge in [-0.15, -0.1) is 0 Å². The van der Waals surface area contributed by atoms with Crippen molar-refractivity contribution in [2.24, 2.45) is 0 Å². The van der Waals surface area contributed by atoms with Crippen molar-refractivity contribution in [1.29, 1.82) is 0 Å². The molecule has 50 valence electrons. The van der Waals surface area contributed by atoms with Gasteiger partial charge >= 0.3 is 0 Å². The summed E-state index contributed by atoms with van der Waals surface area (Å²) in [7, 11) is 0. The van der Waals surface area contributed by atoms with Crippen LogP contribution in [0.2, 0.25) is 0 Å². The molecule has 8 heavy (non-hydrogen) atoms. The van der Waals surface area contributed by atoms with Gasteiger partial charge in [0.1, 0.15) is 0 Å². The molecular weight excluding hydrogens is 349 g/mol. The predicted molar refractivity (Wildman–Crippen MR) is 55.4 cm³/mol. The highest BCUT2D eigenvalue weighted by Crippen LogP contribution is 2.63. The number of hydrogen-bond acceptors (Lipinski definition) is 1. The molecular formula is C4H9I2OP. The van der Waals surface area contributed by atoms with Gasteiger partial charge in [-0.3, -0.25) is 0 Å². The first-order valence-electron chi connectivity index (χ1n) is 2.54. The van der Waals surface area contributed by atoms with Crippen molar-refractivity contribution in [3.63, 3.8) is 0 Å². The highest BCUT2D eigenvalue weighted by Gasteiger charge is 2.08. The molecule has 0 radical (unpaired) electrons. The molecule has 1 nitrogen and oxygen atoms in total. The van der Waals surface area contributed by atoms with Crippen molar-refractivity contribution in [3.05, 3.63) is 0 Å². The zero-order valence-electron chi connectivity index (χ0n) is 4.73. The lowest BCUT2D eigenvalue weighted by atomic mass is 10.4. The first kappa shape index (κ1) is 9.69. The first-order valence-corrected chi connectivity index (χ1v) is 10.0. The lowest BCUT2D eigenvalue weighted by Gasteiger charge is -1.97. The fourth-order valence-electron chi connectivity index (χ4n) is 0.342. The van der Waals surface area contributed by atoms with Crippen LogP contribution in [-0.4, -0.2) is 6.16 Å². The van der Waals surface area contributed by atoms with E-state index < -0.39 is 2.43 Å². The third kappa shape index (κ3) is 7.69. The summed E-state index contributed by atoms with van der Waals surface area (Å²) in [5, 5.41) is 0. The van der Waals surface area contributed by atoms with Crippen LogP contribution >= 0.6 is 46.5 Å². The molecule has 0 bridgehead atoms. The topological polar surface area (TPSA) is 17.1 Å². The van der Waals surface area contributed by atoms with Gasteiger partial charge in [-0.25, -0.2) is 0 Å². The molecule has 0 saturated carbocycles. The standard InChI is InChI=1S/C4H9I2OP/c1-2-3-4-8(5,6)7/h2-4H2,1H3. The SMILES string of the molecule is CCCCP(=O)(I)I. The molecule has 0 saturated heterocycles. The Balaban J connectivity index is 3.26. The van der Waals surface area contributed by atoms with Gasteiger partial charge in [-0.1, -0.05) is 13.3 Å². The van der Waals surface area contributed by atoms with Gasteiger partial charge in [-0.2, -0.15) is 0 Å². The second kappa shape index (κ2) is 4.50. The molecule has 0 N–H and O–H groups in total. The Labute approximate surface area is 76.3 Å². The van der Waals surface area contributed by atoms with Crippen LogP contribution in [0.25, 0.3) is 0 Å². The zero-order valence-corrected chi connectivity index (χ0v) is 9.94. The fourth-order valence-corrected chi connectivity index (χ4v) is 3.07. The maximum atomic E-state index is 10.9. The van der Waals surface area contributed by atoms with E-state index in [0.717, 1.165) is 19.0 Å². The minimum Gasteiger partial charge on any atom is -0.302 e. The Kier molecular flexibility index (Phi) is 5.45. The summed E-state index contributed by atoms with van der Waals surface area (Å²) < 4.78 is 9.20. The van der Waals surface area contributed by atoms with Gasteiger partial charge in [-0.05, 0) is 6.42 Å². The van der Waals surface area contributed by atoms with Crippen LogP contribution in [-0.2, 0) is 4.57 Å². The minimum atomic E-state index is -1.74. The molecule has 0 aromatic carbocycles. The predicted octanol–water partition coefficient (Wildman–Crippen LogP) is 3.85. The summed E-state index contributed by atoms with van der Waals surface area (Å²) >= 11 is 4.08. The molecule has 4 heteroatoms. The molecule has 0 fully saturated rings. The van der Waals surface area contributed by atoms with Crippen LogP contribution < -0.4 is 0 Å². The Morgan fingerprint density at radius 2 is 2.00 bits per heavy atom. The summed E-state index contributed by atoms with van der Waals surface area (Å²) in [5.41, 5.74) is 0. The van der Waals surface area contributed by atoms with Crippen LogP contribution in [0.4, 0.5) is 0 Å². The Morgan fingerprint density at radius 3 is 2.12 bits per heavy atom. The third-order valence-electron chi connectivity index (χ3n) is 0.772. The summed E-state index contributed by atoms with van der Waals surface area (Å²) in [5.74, 6) is 0. The highest BCUT2D eigenvalue weighted by atomic mass is 127. The number of rotatable bonds is 3. The van der Waals surface area contributed by atoms with Gasteiger partial charge in [0, 0.05) is 50.2 Å². The maximum absolute atomic E-state index is 10.9. The molecule has 0 aliphatic heterocycles. The lowest BCUT2D eigenvalue weighted by molar-refractivity contribution is 0.594. The van der Waals surface area contributed by atoms with Gasteiger partial charge in [0.25, 0.3) is 0 Å². The van der Waals surface area contributed by atoms with Crippen molar-refractivity contribution in [2.75, 3.05) is 6.16 Å². The van der Waals surface area contributed by atoms with E-state index in [1.807, 2.05) is 44.1 Å². The normalized spacial score (nSPS) is 11.9. The molecule has 0 aliphatic rings. The number of halogens is 2. The smallest absolute Gasteiger partial charge is 0.198 e. The van der Waals surface area contributed by atoms with E-state index in [1.54, 1.807) is 0 Å². The minimum absolute atomic E-state index is 0.893. The van der Waals surface area contributed by atoms with E-state index >= 15 is 0 Å². The van der Waals surface area contributed by atoms with Crippen molar-refractivity contribution in [3.8, 4) is 0 Å². The van der Waals surface area contributed by atoms with E-state index in [4.69, 9.17) is 0 Å². The second-order valence-electron chi connectivity index (χ2n) is 1.65. The maximum Gasteiger partial charge on any atom is 0.198 e.